The largest absolute Gasteiger partial charge is 0.454 e. The summed E-state index contributed by atoms with van der Waals surface area (Å²) in [7, 11) is 0.495. The molecule has 2 amide bonds. The molecule has 146 valence electrons. The van der Waals surface area contributed by atoms with Crippen molar-refractivity contribution < 1.29 is 14.6 Å². The predicted molar refractivity (Wildman–Crippen MR) is 113 cm³/mol. The number of benzene rings is 2. The lowest BCUT2D eigenvalue weighted by molar-refractivity contribution is -0.119. The molecule has 1 aliphatic rings. The summed E-state index contributed by atoms with van der Waals surface area (Å²) >= 11 is 0. The molecule has 0 aliphatic carbocycles. The molecule has 1 aromatic heterocycles. The lowest BCUT2D eigenvalue weighted by atomic mass is 9.69. The normalized spacial score (nSPS) is 14.5. The first-order valence-corrected chi connectivity index (χ1v) is 9.39. The standard InChI is InChI=1S/C21H21BN4O3/c1-26-21(28)25-19-10-15(4-5-18(19)22(26)29)17(11-23)20(27)9-13-2-3-16-12-24-7-6-14(16)8-13/h2-8,10,12,17,29H,9,11,23H2,1H3,(H,25,28)/t17-/m1/s1. The quantitative estimate of drug-likeness (QED) is 0.571. The number of pyridine rings is 1. The van der Waals surface area contributed by atoms with Gasteiger partial charge in [-0.15, -0.1) is 0 Å². The molecule has 0 spiro atoms. The third-order valence-electron chi connectivity index (χ3n) is 5.39. The Morgan fingerprint density at radius 1 is 1.24 bits per heavy atom. The van der Waals surface area contributed by atoms with Crippen molar-refractivity contribution in [3.63, 3.8) is 0 Å². The molecular formula is C21H21BN4O3. The number of anilines is 1. The van der Waals surface area contributed by atoms with Crippen LogP contribution in [-0.4, -0.2) is 47.3 Å². The Morgan fingerprint density at radius 3 is 2.86 bits per heavy atom. The van der Waals surface area contributed by atoms with Crippen LogP contribution < -0.4 is 16.5 Å². The van der Waals surface area contributed by atoms with Crippen LogP contribution in [0.2, 0.25) is 0 Å². The molecule has 1 atom stereocenters. The van der Waals surface area contributed by atoms with Crippen LogP contribution in [0, 0.1) is 0 Å². The molecule has 0 unspecified atom stereocenters. The molecule has 8 heteroatoms. The summed E-state index contributed by atoms with van der Waals surface area (Å²) in [5, 5.41) is 15.0. The molecule has 29 heavy (non-hydrogen) atoms. The Bertz CT molecular complexity index is 1100. The number of hydrogen-bond donors (Lipinski definition) is 3. The van der Waals surface area contributed by atoms with Gasteiger partial charge in [0.15, 0.2) is 0 Å². The number of ketones is 1. The Kier molecular flexibility index (Phi) is 5.04. The highest BCUT2D eigenvalue weighted by atomic mass is 16.2. The highest BCUT2D eigenvalue weighted by molar-refractivity contribution is 6.69. The zero-order valence-corrected chi connectivity index (χ0v) is 16.0. The van der Waals surface area contributed by atoms with Crippen molar-refractivity contribution in [3.05, 3.63) is 66.0 Å². The highest BCUT2D eigenvalue weighted by Crippen LogP contribution is 2.24. The van der Waals surface area contributed by atoms with Crippen molar-refractivity contribution in [2.45, 2.75) is 12.3 Å². The van der Waals surface area contributed by atoms with Crippen LogP contribution in [0.4, 0.5) is 10.5 Å². The second-order valence-electron chi connectivity index (χ2n) is 7.25. The molecule has 0 saturated heterocycles. The number of nitrogens with zero attached hydrogens (tertiary/aromatic N) is 2. The first-order chi connectivity index (χ1) is 14.0. The molecule has 7 nitrogen and oxygen atoms in total. The van der Waals surface area contributed by atoms with Crippen LogP contribution in [0.15, 0.2) is 54.9 Å². The monoisotopic (exact) mass is 388 g/mol. The van der Waals surface area contributed by atoms with Crippen molar-refractivity contribution in [1.29, 1.82) is 0 Å². The van der Waals surface area contributed by atoms with E-state index >= 15 is 0 Å². The van der Waals surface area contributed by atoms with Gasteiger partial charge in [0.25, 0.3) is 0 Å². The van der Waals surface area contributed by atoms with Gasteiger partial charge in [0.1, 0.15) is 5.78 Å². The summed E-state index contributed by atoms with van der Waals surface area (Å²) in [5.74, 6) is -0.497. The van der Waals surface area contributed by atoms with Crippen molar-refractivity contribution in [2.75, 3.05) is 18.9 Å². The summed E-state index contributed by atoms with van der Waals surface area (Å²) in [6, 6.07) is 12.6. The van der Waals surface area contributed by atoms with E-state index in [0.29, 0.717) is 11.2 Å². The first-order valence-electron chi connectivity index (χ1n) is 9.39. The van der Waals surface area contributed by atoms with Crippen molar-refractivity contribution in [1.82, 2.24) is 9.79 Å². The minimum Gasteiger partial charge on any atom is -0.428 e. The average molecular weight is 388 g/mol. The van der Waals surface area contributed by atoms with Gasteiger partial charge < -0.3 is 20.9 Å². The number of carbonyl (C=O) groups is 2. The van der Waals surface area contributed by atoms with E-state index < -0.39 is 19.0 Å². The molecule has 2 heterocycles. The first kappa shape index (κ1) is 19.1. The zero-order valence-electron chi connectivity index (χ0n) is 16.0. The van der Waals surface area contributed by atoms with Crippen molar-refractivity contribution in [2.24, 2.45) is 5.73 Å². The van der Waals surface area contributed by atoms with Crippen LogP contribution in [0.5, 0.6) is 0 Å². The molecular weight excluding hydrogens is 367 g/mol. The number of carbonyl (C=O) groups excluding carboxylic acids is 2. The Balaban J connectivity index is 1.59. The van der Waals surface area contributed by atoms with Gasteiger partial charge in [-0.2, -0.15) is 0 Å². The smallest absolute Gasteiger partial charge is 0.428 e. The van der Waals surface area contributed by atoms with Gasteiger partial charge in [-0.3, -0.25) is 9.78 Å². The molecule has 0 bridgehead atoms. The molecule has 2 aromatic carbocycles. The maximum atomic E-state index is 13.0. The van der Waals surface area contributed by atoms with Crippen molar-refractivity contribution >= 4 is 40.8 Å². The molecule has 0 fully saturated rings. The summed E-state index contributed by atoms with van der Waals surface area (Å²) in [6.45, 7) is 0.158. The van der Waals surface area contributed by atoms with E-state index in [4.69, 9.17) is 5.73 Å². The van der Waals surface area contributed by atoms with Gasteiger partial charge in [0, 0.05) is 43.5 Å². The SMILES string of the molecule is CN1B(O)c2ccc([C@@H](CN)C(=O)Cc3ccc4cnccc4c3)cc2NC1=O. The summed E-state index contributed by atoms with van der Waals surface area (Å²) in [4.78, 5) is 30.3. The number of aromatic nitrogens is 1. The summed E-state index contributed by atoms with van der Waals surface area (Å²) in [6.07, 6.45) is 3.77. The summed E-state index contributed by atoms with van der Waals surface area (Å²) in [5.41, 5.74) is 8.65. The van der Waals surface area contributed by atoms with Gasteiger partial charge in [-0.1, -0.05) is 30.3 Å². The fourth-order valence-electron chi connectivity index (χ4n) is 3.67. The van der Waals surface area contributed by atoms with Gasteiger partial charge in [0.05, 0.1) is 5.92 Å². The van der Waals surface area contributed by atoms with E-state index in [1.807, 2.05) is 24.3 Å². The lowest BCUT2D eigenvalue weighted by Crippen LogP contribution is -2.56. The van der Waals surface area contributed by atoms with E-state index in [1.54, 1.807) is 30.6 Å². The third kappa shape index (κ3) is 3.60. The predicted octanol–water partition coefficient (Wildman–Crippen LogP) is 1.25. The van der Waals surface area contributed by atoms with Crippen LogP contribution in [0.1, 0.15) is 17.0 Å². The van der Waals surface area contributed by atoms with E-state index in [1.165, 1.54) is 11.9 Å². The molecule has 3 aromatic rings. The fraction of sp³-hybridized carbons (Fsp3) is 0.190. The molecule has 0 saturated carbocycles. The number of urea groups is 1. The maximum Gasteiger partial charge on any atom is 0.454 e. The van der Waals surface area contributed by atoms with E-state index in [-0.39, 0.29) is 18.7 Å². The number of fused-ring (bicyclic) bond motifs is 2. The number of hydrogen-bond acceptors (Lipinski definition) is 5. The topological polar surface area (TPSA) is 109 Å². The third-order valence-corrected chi connectivity index (χ3v) is 5.39. The molecule has 1 aliphatic heterocycles. The van der Waals surface area contributed by atoms with Gasteiger partial charge in [-0.05, 0) is 34.1 Å². The minimum atomic E-state index is -1.02. The second-order valence-corrected chi connectivity index (χ2v) is 7.25. The Morgan fingerprint density at radius 2 is 2.07 bits per heavy atom. The van der Waals surface area contributed by atoms with Crippen LogP contribution in [0.25, 0.3) is 10.8 Å². The van der Waals surface area contributed by atoms with E-state index in [9.17, 15) is 14.6 Å². The Labute approximate surface area is 168 Å². The van der Waals surface area contributed by atoms with Gasteiger partial charge in [-0.25, -0.2) is 4.79 Å². The molecule has 4 rings (SSSR count). The molecule has 4 N–H and O–H groups in total. The number of Topliss-reactive ketones (excluding diaryl/α,β-unsaturated/α-hetero) is 1. The lowest BCUT2D eigenvalue weighted by Gasteiger charge is -2.29. The van der Waals surface area contributed by atoms with Crippen molar-refractivity contribution in [3.8, 4) is 0 Å². The van der Waals surface area contributed by atoms with E-state index in [2.05, 4.69) is 10.3 Å². The van der Waals surface area contributed by atoms with Gasteiger partial charge >= 0.3 is 13.1 Å². The Hall–Kier alpha value is -3.23. The van der Waals surface area contributed by atoms with Crippen LogP contribution in [-0.2, 0) is 11.2 Å². The van der Waals surface area contributed by atoms with Gasteiger partial charge in [0.2, 0.25) is 0 Å². The zero-order chi connectivity index (χ0) is 20.5. The number of amides is 2. The molecule has 0 radical (unpaired) electrons. The number of rotatable bonds is 5. The highest BCUT2D eigenvalue weighted by Gasteiger charge is 2.34. The van der Waals surface area contributed by atoms with Crippen LogP contribution >= 0.6 is 0 Å². The number of nitrogens with one attached hydrogen (secondary N) is 1. The second kappa shape index (κ2) is 7.65. The summed E-state index contributed by atoms with van der Waals surface area (Å²) < 4.78 is 0. The maximum absolute atomic E-state index is 13.0. The minimum absolute atomic E-state index is 0.000610. The number of nitrogens with two attached hydrogens (primary N) is 1. The fourth-order valence-corrected chi connectivity index (χ4v) is 3.67. The van der Waals surface area contributed by atoms with E-state index in [0.717, 1.165) is 21.9 Å². The van der Waals surface area contributed by atoms with Crippen LogP contribution in [0.3, 0.4) is 0 Å². The average Bonchev–Trinajstić information content (AvgIpc) is 2.72.